The van der Waals surface area contributed by atoms with Crippen molar-refractivity contribution in [1.82, 2.24) is 9.47 Å². The Morgan fingerprint density at radius 1 is 1.17 bits per heavy atom. The molecule has 4 rings (SSSR count). The van der Waals surface area contributed by atoms with E-state index in [0.29, 0.717) is 27.9 Å². The van der Waals surface area contributed by atoms with Crippen LogP contribution < -0.4 is 15.2 Å². The van der Waals surface area contributed by atoms with Crippen molar-refractivity contribution in [2.45, 2.75) is 46.2 Å². The lowest BCUT2D eigenvalue weighted by Crippen LogP contribution is -2.37. The topological polar surface area (TPSA) is 78.6 Å². The maximum absolute atomic E-state index is 13.4. The quantitative estimate of drug-likeness (QED) is 0.421. The minimum Gasteiger partial charge on any atom is -0.497 e. The highest BCUT2D eigenvalue weighted by Crippen LogP contribution is 2.37. The lowest BCUT2D eigenvalue weighted by Gasteiger charge is -2.33. The Morgan fingerprint density at radius 3 is 2.46 bits per heavy atom. The SMILES string of the molecule is CCn1c(N2CCCCC2)c(/C=C2\SC(=S)N(Cc3ccc(OC)cc3)C2=O)c(C)c(C#N)c1=O. The third-order valence-electron chi connectivity index (χ3n) is 6.47. The van der Waals surface area contributed by atoms with Crippen LogP contribution >= 0.6 is 24.0 Å². The van der Waals surface area contributed by atoms with Crippen LogP contribution in [0.5, 0.6) is 5.75 Å². The molecule has 2 aliphatic heterocycles. The normalized spacial score (nSPS) is 17.3. The Kier molecular flexibility index (Phi) is 7.63. The van der Waals surface area contributed by atoms with Crippen molar-refractivity contribution < 1.29 is 9.53 Å². The van der Waals surface area contributed by atoms with E-state index in [-0.39, 0.29) is 17.0 Å². The molecule has 7 nitrogen and oxygen atoms in total. The molecular weight excluding hydrogens is 480 g/mol. The van der Waals surface area contributed by atoms with Gasteiger partial charge in [-0.3, -0.25) is 19.1 Å². The smallest absolute Gasteiger partial charge is 0.270 e. The maximum atomic E-state index is 13.4. The molecule has 0 saturated carbocycles. The molecule has 2 fully saturated rings. The van der Waals surface area contributed by atoms with Gasteiger partial charge in [-0.25, -0.2) is 0 Å². The molecule has 1 aromatic heterocycles. The summed E-state index contributed by atoms with van der Waals surface area (Å²) < 4.78 is 7.36. The third kappa shape index (κ3) is 4.86. The number of carbonyl (C=O) groups excluding carboxylic acids is 1. The van der Waals surface area contributed by atoms with Gasteiger partial charge >= 0.3 is 0 Å². The van der Waals surface area contributed by atoms with E-state index in [1.165, 1.54) is 11.8 Å². The summed E-state index contributed by atoms with van der Waals surface area (Å²) in [7, 11) is 1.61. The number of anilines is 1. The first-order valence-electron chi connectivity index (χ1n) is 11.7. The lowest BCUT2D eigenvalue weighted by molar-refractivity contribution is -0.122. The number of hydrogen-bond donors (Lipinski definition) is 0. The predicted octanol–water partition coefficient (Wildman–Crippen LogP) is 4.45. The van der Waals surface area contributed by atoms with Crippen molar-refractivity contribution in [1.29, 1.82) is 5.26 Å². The van der Waals surface area contributed by atoms with Crippen LogP contribution in [0, 0.1) is 18.3 Å². The van der Waals surface area contributed by atoms with Crippen LogP contribution in [0.4, 0.5) is 5.82 Å². The highest BCUT2D eigenvalue weighted by atomic mass is 32.2. The first-order valence-corrected chi connectivity index (χ1v) is 12.9. The summed E-state index contributed by atoms with van der Waals surface area (Å²) in [6.07, 6.45) is 5.06. The van der Waals surface area contributed by atoms with Crippen LogP contribution in [-0.2, 0) is 17.9 Å². The average Bonchev–Trinajstić information content (AvgIpc) is 3.14. The Balaban J connectivity index is 1.76. The summed E-state index contributed by atoms with van der Waals surface area (Å²) in [5.74, 6) is 1.36. The highest BCUT2D eigenvalue weighted by molar-refractivity contribution is 8.26. The van der Waals surface area contributed by atoms with Gasteiger partial charge in [0.2, 0.25) is 0 Å². The molecule has 0 radical (unpaired) electrons. The summed E-state index contributed by atoms with van der Waals surface area (Å²) in [6, 6.07) is 9.62. The van der Waals surface area contributed by atoms with Crippen molar-refractivity contribution in [2.24, 2.45) is 0 Å². The number of carbonyl (C=O) groups is 1. The molecule has 0 spiro atoms. The summed E-state index contributed by atoms with van der Waals surface area (Å²) >= 11 is 6.81. The zero-order valence-corrected chi connectivity index (χ0v) is 21.8. The van der Waals surface area contributed by atoms with Crippen molar-refractivity contribution in [2.75, 3.05) is 25.1 Å². The summed E-state index contributed by atoms with van der Waals surface area (Å²) in [4.78, 5) is 30.8. The van der Waals surface area contributed by atoms with Crippen LogP contribution in [0.15, 0.2) is 34.0 Å². The molecule has 0 aliphatic carbocycles. The number of aromatic nitrogens is 1. The van der Waals surface area contributed by atoms with E-state index in [4.69, 9.17) is 17.0 Å². The number of nitriles is 1. The van der Waals surface area contributed by atoms with Gasteiger partial charge in [0, 0.05) is 25.2 Å². The number of thiocarbonyl (C=S) groups is 1. The summed E-state index contributed by atoms with van der Waals surface area (Å²) in [6.45, 7) is 6.18. The number of rotatable bonds is 6. The fourth-order valence-electron chi connectivity index (χ4n) is 4.56. The number of hydrogen-bond acceptors (Lipinski definition) is 7. The number of amides is 1. The highest BCUT2D eigenvalue weighted by Gasteiger charge is 2.33. The molecule has 0 unspecified atom stereocenters. The second kappa shape index (κ2) is 10.7. The van der Waals surface area contributed by atoms with Crippen molar-refractivity contribution >= 4 is 46.1 Å². The zero-order valence-electron chi connectivity index (χ0n) is 20.2. The number of nitrogens with zero attached hydrogens (tertiary/aromatic N) is 4. The van der Waals surface area contributed by atoms with E-state index in [2.05, 4.69) is 11.0 Å². The number of thioether (sulfide) groups is 1. The minimum absolute atomic E-state index is 0.118. The molecule has 0 bridgehead atoms. The van der Waals surface area contributed by atoms with Gasteiger partial charge in [-0.15, -0.1) is 0 Å². The zero-order chi connectivity index (χ0) is 25.1. The third-order valence-corrected chi connectivity index (χ3v) is 7.84. The average molecular weight is 509 g/mol. The van der Waals surface area contributed by atoms with Crippen molar-refractivity contribution in [3.63, 3.8) is 0 Å². The lowest BCUT2D eigenvalue weighted by atomic mass is 10.0. The largest absolute Gasteiger partial charge is 0.497 e. The summed E-state index contributed by atoms with van der Waals surface area (Å²) in [5, 5.41) is 9.74. The fraction of sp³-hybridized carbons (Fsp3) is 0.385. The molecule has 9 heteroatoms. The first kappa shape index (κ1) is 25.0. The molecule has 0 N–H and O–H groups in total. The van der Waals surface area contributed by atoms with E-state index in [9.17, 15) is 14.9 Å². The summed E-state index contributed by atoms with van der Waals surface area (Å²) in [5.41, 5.74) is 2.13. The van der Waals surface area contributed by atoms with Gasteiger partial charge in [0.25, 0.3) is 11.5 Å². The van der Waals surface area contributed by atoms with Crippen molar-refractivity contribution in [3.05, 3.63) is 61.8 Å². The maximum Gasteiger partial charge on any atom is 0.270 e. The van der Waals surface area contributed by atoms with Gasteiger partial charge in [0.05, 0.1) is 18.6 Å². The van der Waals surface area contributed by atoms with E-state index < -0.39 is 0 Å². The first-order chi connectivity index (χ1) is 16.9. The van der Waals surface area contributed by atoms with Crippen LogP contribution in [0.2, 0.25) is 0 Å². The Hall–Kier alpha value is -3.09. The predicted molar refractivity (Wildman–Crippen MR) is 144 cm³/mol. The molecule has 1 amide bonds. The van der Waals surface area contributed by atoms with Crippen LogP contribution in [0.25, 0.3) is 6.08 Å². The Morgan fingerprint density at radius 2 is 1.86 bits per heavy atom. The second-order valence-corrected chi connectivity index (χ2v) is 10.2. The number of methoxy groups -OCH3 is 1. The Bertz CT molecular complexity index is 1290. The van der Waals surface area contributed by atoms with Gasteiger partial charge in [0.15, 0.2) is 0 Å². The molecule has 1 aromatic carbocycles. The number of ether oxygens (including phenoxy) is 1. The van der Waals surface area contributed by atoms with Gasteiger partial charge < -0.3 is 9.64 Å². The molecule has 0 atom stereocenters. The van der Waals surface area contributed by atoms with E-state index >= 15 is 0 Å². The fourth-order valence-corrected chi connectivity index (χ4v) is 5.80. The Labute approximate surface area is 215 Å². The molecule has 182 valence electrons. The van der Waals surface area contributed by atoms with Gasteiger partial charge in [-0.2, -0.15) is 5.26 Å². The van der Waals surface area contributed by atoms with Gasteiger partial charge in [0.1, 0.15) is 27.5 Å². The second-order valence-electron chi connectivity index (χ2n) is 8.56. The van der Waals surface area contributed by atoms with Gasteiger partial charge in [-0.05, 0) is 62.4 Å². The molecule has 3 heterocycles. The van der Waals surface area contributed by atoms with E-state index in [0.717, 1.165) is 55.0 Å². The van der Waals surface area contributed by atoms with Crippen LogP contribution in [0.1, 0.15) is 48.4 Å². The van der Waals surface area contributed by atoms with Gasteiger partial charge in [-0.1, -0.05) is 36.1 Å². The van der Waals surface area contributed by atoms with Crippen molar-refractivity contribution in [3.8, 4) is 11.8 Å². The monoisotopic (exact) mass is 508 g/mol. The molecule has 2 aliphatic rings. The molecular formula is C26H28N4O3S2. The van der Waals surface area contributed by atoms with Crippen LogP contribution in [0.3, 0.4) is 0 Å². The molecule has 2 saturated heterocycles. The standard InChI is InChI=1S/C26H28N4O3S2/c1-4-29-23(28-12-6-5-7-13-28)20(17(2)21(15-27)24(29)31)14-22-25(32)30(26(34)35-22)16-18-8-10-19(33-3)11-9-18/h8-11,14H,4-7,12-13,16H2,1-3H3/b22-14-. The van der Waals surface area contributed by atoms with E-state index in [1.54, 1.807) is 23.5 Å². The number of benzene rings is 1. The van der Waals surface area contributed by atoms with E-state index in [1.807, 2.05) is 37.3 Å². The minimum atomic E-state index is -0.280. The molecule has 35 heavy (non-hydrogen) atoms. The molecule has 2 aromatic rings. The number of piperidine rings is 1. The van der Waals surface area contributed by atoms with Crippen LogP contribution in [-0.4, -0.2) is 39.9 Å². The number of pyridine rings is 1.